The van der Waals surface area contributed by atoms with Crippen molar-refractivity contribution >= 4 is 5.69 Å². The second kappa shape index (κ2) is 5.19. The van der Waals surface area contributed by atoms with Crippen LogP contribution in [-0.4, -0.2) is 17.6 Å². The van der Waals surface area contributed by atoms with E-state index in [2.05, 4.69) is 17.2 Å². The van der Waals surface area contributed by atoms with Gasteiger partial charge in [-0.2, -0.15) is 0 Å². The van der Waals surface area contributed by atoms with E-state index in [-0.39, 0.29) is 0 Å². The Labute approximate surface area is 97.2 Å². The van der Waals surface area contributed by atoms with Gasteiger partial charge in [0.05, 0.1) is 18.5 Å². The Hall–Kier alpha value is -1.25. The third kappa shape index (κ3) is 2.87. The molecule has 1 fully saturated rings. The van der Waals surface area contributed by atoms with Crippen molar-refractivity contribution in [1.82, 2.24) is 4.98 Å². The number of nitrogens with one attached hydrogen (secondary N) is 1. The van der Waals surface area contributed by atoms with Gasteiger partial charge in [0.1, 0.15) is 0 Å². The molecule has 1 atom stereocenters. The zero-order valence-corrected chi connectivity index (χ0v) is 10.1. The zero-order valence-electron chi connectivity index (χ0n) is 10.1. The van der Waals surface area contributed by atoms with Crippen molar-refractivity contribution in [3.05, 3.63) is 18.3 Å². The van der Waals surface area contributed by atoms with Crippen molar-refractivity contribution in [2.45, 2.75) is 39.2 Å². The quantitative estimate of drug-likeness (QED) is 0.800. The molecule has 2 rings (SSSR count). The van der Waals surface area contributed by atoms with Gasteiger partial charge < -0.3 is 10.1 Å². The van der Waals surface area contributed by atoms with Gasteiger partial charge in [0.25, 0.3) is 0 Å². The van der Waals surface area contributed by atoms with E-state index in [4.69, 9.17) is 4.74 Å². The standard InChI is InChI=1S/C13H20N2O/c1-3-12(10-5-6-10)15-11-7-8-13(14-9-11)16-4-2/h7-10,12,15H,3-6H2,1-2H3. The van der Waals surface area contributed by atoms with E-state index in [0.29, 0.717) is 18.5 Å². The largest absolute Gasteiger partial charge is 0.478 e. The smallest absolute Gasteiger partial charge is 0.213 e. The molecule has 88 valence electrons. The van der Waals surface area contributed by atoms with Crippen LogP contribution in [0.2, 0.25) is 0 Å². The highest BCUT2D eigenvalue weighted by Crippen LogP contribution is 2.35. The lowest BCUT2D eigenvalue weighted by molar-refractivity contribution is 0.327. The number of rotatable bonds is 6. The topological polar surface area (TPSA) is 34.1 Å². The highest BCUT2D eigenvalue weighted by Gasteiger charge is 2.29. The summed E-state index contributed by atoms with van der Waals surface area (Å²) in [6, 6.07) is 4.58. The van der Waals surface area contributed by atoms with Crippen LogP contribution < -0.4 is 10.1 Å². The van der Waals surface area contributed by atoms with Gasteiger partial charge in [0, 0.05) is 12.1 Å². The molecule has 1 aliphatic rings. The third-order valence-corrected chi connectivity index (χ3v) is 3.01. The van der Waals surface area contributed by atoms with Crippen molar-refractivity contribution in [2.24, 2.45) is 5.92 Å². The molecule has 0 amide bonds. The Morgan fingerprint density at radius 2 is 2.25 bits per heavy atom. The molecule has 0 bridgehead atoms. The van der Waals surface area contributed by atoms with Crippen LogP contribution in [0.5, 0.6) is 5.88 Å². The Morgan fingerprint density at radius 1 is 1.44 bits per heavy atom. The number of hydrogen-bond acceptors (Lipinski definition) is 3. The molecule has 1 aromatic rings. The first-order valence-electron chi connectivity index (χ1n) is 6.18. The van der Waals surface area contributed by atoms with Crippen LogP contribution in [-0.2, 0) is 0 Å². The molecule has 0 aromatic carbocycles. The molecule has 1 aromatic heterocycles. The van der Waals surface area contributed by atoms with Gasteiger partial charge in [-0.15, -0.1) is 0 Å². The fourth-order valence-electron chi connectivity index (χ4n) is 1.96. The van der Waals surface area contributed by atoms with Crippen molar-refractivity contribution in [2.75, 3.05) is 11.9 Å². The third-order valence-electron chi connectivity index (χ3n) is 3.01. The monoisotopic (exact) mass is 220 g/mol. The van der Waals surface area contributed by atoms with Crippen LogP contribution in [0.25, 0.3) is 0 Å². The van der Waals surface area contributed by atoms with E-state index in [0.717, 1.165) is 11.6 Å². The molecule has 0 saturated heterocycles. The summed E-state index contributed by atoms with van der Waals surface area (Å²) in [7, 11) is 0. The molecule has 0 radical (unpaired) electrons. The molecule has 0 spiro atoms. The predicted molar refractivity (Wildman–Crippen MR) is 65.8 cm³/mol. The maximum Gasteiger partial charge on any atom is 0.213 e. The molecule has 1 saturated carbocycles. The van der Waals surface area contributed by atoms with E-state index < -0.39 is 0 Å². The lowest BCUT2D eigenvalue weighted by Gasteiger charge is -2.17. The number of nitrogens with zero attached hydrogens (tertiary/aromatic N) is 1. The lowest BCUT2D eigenvalue weighted by atomic mass is 10.1. The second-order valence-corrected chi connectivity index (χ2v) is 4.31. The first-order chi connectivity index (χ1) is 7.83. The summed E-state index contributed by atoms with van der Waals surface area (Å²) in [5.41, 5.74) is 1.10. The van der Waals surface area contributed by atoms with Crippen LogP contribution >= 0.6 is 0 Å². The zero-order chi connectivity index (χ0) is 11.4. The predicted octanol–water partition coefficient (Wildman–Crippen LogP) is 3.08. The molecule has 1 aliphatic carbocycles. The summed E-state index contributed by atoms with van der Waals surface area (Å²) in [5.74, 6) is 1.57. The van der Waals surface area contributed by atoms with Crippen LogP contribution in [0, 0.1) is 5.92 Å². The van der Waals surface area contributed by atoms with E-state index in [1.807, 2.05) is 25.3 Å². The fourth-order valence-corrected chi connectivity index (χ4v) is 1.96. The van der Waals surface area contributed by atoms with Gasteiger partial charge in [-0.05, 0) is 38.2 Å². The molecule has 3 heteroatoms. The summed E-state index contributed by atoms with van der Waals surface area (Å²) < 4.78 is 5.31. The van der Waals surface area contributed by atoms with Crippen LogP contribution in [0.3, 0.4) is 0 Å². The van der Waals surface area contributed by atoms with Gasteiger partial charge in [0.15, 0.2) is 0 Å². The number of hydrogen-bond donors (Lipinski definition) is 1. The van der Waals surface area contributed by atoms with E-state index in [1.54, 1.807) is 0 Å². The van der Waals surface area contributed by atoms with Crippen molar-refractivity contribution in [1.29, 1.82) is 0 Å². The van der Waals surface area contributed by atoms with Crippen molar-refractivity contribution < 1.29 is 4.74 Å². The Morgan fingerprint density at radius 3 is 2.75 bits per heavy atom. The lowest BCUT2D eigenvalue weighted by Crippen LogP contribution is -2.20. The SMILES string of the molecule is CCOc1ccc(NC(CC)C2CC2)cn1. The Kier molecular flexibility index (Phi) is 3.65. The molecular formula is C13H20N2O. The maximum atomic E-state index is 5.31. The second-order valence-electron chi connectivity index (χ2n) is 4.31. The summed E-state index contributed by atoms with van der Waals surface area (Å²) in [5, 5.41) is 3.54. The van der Waals surface area contributed by atoms with Crippen LogP contribution in [0.1, 0.15) is 33.1 Å². The molecular weight excluding hydrogens is 200 g/mol. The highest BCUT2D eigenvalue weighted by molar-refractivity contribution is 5.43. The minimum Gasteiger partial charge on any atom is -0.478 e. The van der Waals surface area contributed by atoms with E-state index in [1.165, 1.54) is 19.3 Å². The molecule has 0 aliphatic heterocycles. The van der Waals surface area contributed by atoms with Gasteiger partial charge >= 0.3 is 0 Å². The van der Waals surface area contributed by atoms with Crippen LogP contribution in [0.15, 0.2) is 18.3 Å². The minimum absolute atomic E-state index is 0.611. The first-order valence-corrected chi connectivity index (χ1v) is 6.18. The molecule has 3 nitrogen and oxygen atoms in total. The summed E-state index contributed by atoms with van der Waals surface area (Å²) in [6.45, 7) is 4.87. The van der Waals surface area contributed by atoms with E-state index in [9.17, 15) is 0 Å². The molecule has 1 N–H and O–H groups in total. The normalized spacial score (nSPS) is 16.9. The maximum absolute atomic E-state index is 5.31. The van der Waals surface area contributed by atoms with Gasteiger partial charge in [-0.3, -0.25) is 0 Å². The number of aromatic nitrogens is 1. The number of anilines is 1. The summed E-state index contributed by atoms with van der Waals surface area (Å²) in [4.78, 5) is 4.25. The Balaban J connectivity index is 1.92. The van der Waals surface area contributed by atoms with Gasteiger partial charge in [-0.25, -0.2) is 4.98 Å². The fraction of sp³-hybridized carbons (Fsp3) is 0.615. The minimum atomic E-state index is 0.611. The molecule has 1 unspecified atom stereocenters. The Bertz CT molecular complexity index is 319. The average molecular weight is 220 g/mol. The number of pyridine rings is 1. The highest BCUT2D eigenvalue weighted by atomic mass is 16.5. The average Bonchev–Trinajstić information content (AvgIpc) is 3.12. The van der Waals surface area contributed by atoms with E-state index >= 15 is 0 Å². The van der Waals surface area contributed by atoms with Gasteiger partial charge in [-0.1, -0.05) is 6.92 Å². The number of ether oxygens (including phenoxy) is 1. The van der Waals surface area contributed by atoms with Crippen molar-refractivity contribution in [3.8, 4) is 5.88 Å². The first kappa shape index (κ1) is 11.2. The van der Waals surface area contributed by atoms with Crippen molar-refractivity contribution in [3.63, 3.8) is 0 Å². The van der Waals surface area contributed by atoms with Crippen LogP contribution in [0.4, 0.5) is 5.69 Å². The van der Waals surface area contributed by atoms with Gasteiger partial charge in [0.2, 0.25) is 5.88 Å². The summed E-state index contributed by atoms with van der Waals surface area (Å²) >= 11 is 0. The summed E-state index contributed by atoms with van der Waals surface area (Å²) in [6.07, 6.45) is 5.78. The molecule has 1 heterocycles. The molecule has 16 heavy (non-hydrogen) atoms.